The molecule has 0 bridgehead atoms. The second-order valence-electron chi connectivity index (χ2n) is 6.34. The highest BCUT2D eigenvalue weighted by Crippen LogP contribution is 2.20. The first-order valence-corrected chi connectivity index (χ1v) is 7.64. The van der Waals surface area contributed by atoms with Crippen molar-refractivity contribution in [3.05, 3.63) is 0 Å². The standard InChI is InChI=1S/C15H33N3/c1-6-14-12-16-15(3,7-2)13-18(14)11-9-8-10-17(4)5/h14,16H,6-13H2,1-5H3. The van der Waals surface area contributed by atoms with Crippen molar-refractivity contribution in [3.63, 3.8) is 0 Å². The van der Waals surface area contributed by atoms with Crippen molar-refractivity contribution in [2.45, 2.75) is 58.0 Å². The molecule has 1 heterocycles. The number of nitrogens with one attached hydrogen (secondary N) is 1. The molecule has 108 valence electrons. The molecule has 1 saturated heterocycles. The molecule has 2 unspecified atom stereocenters. The van der Waals surface area contributed by atoms with Gasteiger partial charge in [0, 0.05) is 24.7 Å². The van der Waals surface area contributed by atoms with Crippen LogP contribution in [-0.4, -0.2) is 61.7 Å². The molecule has 0 radical (unpaired) electrons. The van der Waals surface area contributed by atoms with Gasteiger partial charge in [0.15, 0.2) is 0 Å². The zero-order chi connectivity index (χ0) is 13.6. The van der Waals surface area contributed by atoms with Crippen LogP contribution in [0.15, 0.2) is 0 Å². The van der Waals surface area contributed by atoms with E-state index in [-0.39, 0.29) is 0 Å². The van der Waals surface area contributed by atoms with Crippen molar-refractivity contribution < 1.29 is 0 Å². The summed E-state index contributed by atoms with van der Waals surface area (Å²) in [5.41, 5.74) is 0.327. The van der Waals surface area contributed by atoms with Crippen molar-refractivity contribution in [1.29, 1.82) is 0 Å². The highest BCUT2D eigenvalue weighted by Gasteiger charge is 2.33. The number of hydrogen-bond donors (Lipinski definition) is 1. The Bertz CT molecular complexity index is 230. The van der Waals surface area contributed by atoms with Gasteiger partial charge in [0.1, 0.15) is 0 Å². The first kappa shape index (κ1) is 15.9. The van der Waals surface area contributed by atoms with Crippen LogP contribution >= 0.6 is 0 Å². The molecule has 1 rings (SSSR count). The second kappa shape index (κ2) is 7.46. The van der Waals surface area contributed by atoms with Gasteiger partial charge < -0.3 is 10.2 Å². The SMILES string of the molecule is CCC1CNC(C)(CC)CN1CCCCN(C)C. The van der Waals surface area contributed by atoms with Crippen LogP contribution < -0.4 is 5.32 Å². The average Bonchev–Trinajstić information content (AvgIpc) is 2.35. The summed E-state index contributed by atoms with van der Waals surface area (Å²) >= 11 is 0. The van der Waals surface area contributed by atoms with Crippen molar-refractivity contribution in [2.24, 2.45) is 0 Å². The molecule has 1 aliphatic heterocycles. The molecule has 1 N–H and O–H groups in total. The summed E-state index contributed by atoms with van der Waals surface area (Å²) in [6.07, 6.45) is 5.13. The molecular formula is C15H33N3. The summed E-state index contributed by atoms with van der Waals surface area (Å²) in [7, 11) is 4.32. The zero-order valence-electron chi connectivity index (χ0n) is 13.1. The number of rotatable bonds is 7. The van der Waals surface area contributed by atoms with Crippen LogP contribution in [0.3, 0.4) is 0 Å². The first-order valence-electron chi connectivity index (χ1n) is 7.64. The lowest BCUT2D eigenvalue weighted by Gasteiger charge is -2.46. The van der Waals surface area contributed by atoms with E-state index in [4.69, 9.17) is 0 Å². The summed E-state index contributed by atoms with van der Waals surface area (Å²) in [5, 5.41) is 3.73. The molecule has 0 aromatic rings. The molecule has 0 aromatic heterocycles. The van der Waals surface area contributed by atoms with Crippen LogP contribution in [0.4, 0.5) is 0 Å². The molecule has 0 aromatic carbocycles. The normalized spacial score (nSPS) is 30.0. The smallest absolute Gasteiger partial charge is 0.0278 e. The number of piperazine rings is 1. The second-order valence-corrected chi connectivity index (χ2v) is 6.34. The van der Waals surface area contributed by atoms with Crippen LogP contribution in [-0.2, 0) is 0 Å². The van der Waals surface area contributed by atoms with E-state index < -0.39 is 0 Å². The predicted molar refractivity (Wildman–Crippen MR) is 80.1 cm³/mol. The minimum absolute atomic E-state index is 0.327. The lowest BCUT2D eigenvalue weighted by atomic mass is 9.92. The first-order chi connectivity index (χ1) is 8.50. The zero-order valence-corrected chi connectivity index (χ0v) is 13.1. The third-order valence-corrected chi connectivity index (χ3v) is 4.39. The molecule has 2 atom stereocenters. The average molecular weight is 255 g/mol. The third-order valence-electron chi connectivity index (χ3n) is 4.39. The topological polar surface area (TPSA) is 18.5 Å². The predicted octanol–water partition coefficient (Wildman–Crippen LogP) is 2.18. The van der Waals surface area contributed by atoms with Gasteiger partial charge in [-0.05, 0) is 59.8 Å². The Kier molecular flexibility index (Phi) is 6.61. The van der Waals surface area contributed by atoms with E-state index in [9.17, 15) is 0 Å². The Morgan fingerprint density at radius 1 is 1.28 bits per heavy atom. The van der Waals surface area contributed by atoms with Crippen LogP contribution in [0.1, 0.15) is 46.5 Å². The molecule has 18 heavy (non-hydrogen) atoms. The number of nitrogens with zero attached hydrogens (tertiary/aromatic N) is 2. The van der Waals surface area contributed by atoms with Gasteiger partial charge in [-0.3, -0.25) is 4.90 Å². The van der Waals surface area contributed by atoms with E-state index in [1.165, 1.54) is 45.3 Å². The molecule has 0 saturated carbocycles. The summed E-state index contributed by atoms with van der Waals surface area (Å²) in [6, 6.07) is 0.740. The van der Waals surface area contributed by atoms with Crippen molar-refractivity contribution in [2.75, 3.05) is 40.3 Å². The molecule has 3 heteroatoms. The largest absolute Gasteiger partial charge is 0.309 e. The van der Waals surface area contributed by atoms with E-state index in [2.05, 4.69) is 50.0 Å². The highest BCUT2D eigenvalue weighted by molar-refractivity contribution is 4.93. The minimum atomic E-state index is 0.327. The van der Waals surface area contributed by atoms with Gasteiger partial charge in [-0.1, -0.05) is 13.8 Å². The minimum Gasteiger partial charge on any atom is -0.309 e. The molecule has 0 aliphatic carbocycles. The third kappa shape index (κ3) is 4.87. The lowest BCUT2D eigenvalue weighted by molar-refractivity contribution is 0.0800. The maximum absolute atomic E-state index is 3.73. The van der Waals surface area contributed by atoms with E-state index >= 15 is 0 Å². The van der Waals surface area contributed by atoms with Gasteiger partial charge in [-0.2, -0.15) is 0 Å². The van der Waals surface area contributed by atoms with Gasteiger partial charge >= 0.3 is 0 Å². The van der Waals surface area contributed by atoms with Crippen LogP contribution in [0.25, 0.3) is 0 Å². The van der Waals surface area contributed by atoms with Crippen LogP contribution in [0.2, 0.25) is 0 Å². The fourth-order valence-corrected chi connectivity index (χ4v) is 2.77. The fraction of sp³-hybridized carbons (Fsp3) is 1.00. The van der Waals surface area contributed by atoms with Crippen LogP contribution in [0.5, 0.6) is 0 Å². The summed E-state index contributed by atoms with van der Waals surface area (Å²) in [6.45, 7) is 11.8. The van der Waals surface area contributed by atoms with E-state index in [1.807, 2.05) is 0 Å². The van der Waals surface area contributed by atoms with Gasteiger partial charge in [-0.25, -0.2) is 0 Å². The van der Waals surface area contributed by atoms with E-state index in [0.29, 0.717) is 5.54 Å². The van der Waals surface area contributed by atoms with E-state index in [0.717, 1.165) is 12.6 Å². The fourth-order valence-electron chi connectivity index (χ4n) is 2.77. The monoisotopic (exact) mass is 255 g/mol. The Hall–Kier alpha value is -0.120. The Morgan fingerprint density at radius 2 is 2.00 bits per heavy atom. The molecule has 0 spiro atoms. The van der Waals surface area contributed by atoms with Gasteiger partial charge in [0.2, 0.25) is 0 Å². The van der Waals surface area contributed by atoms with Gasteiger partial charge in [-0.15, -0.1) is 0 Å². The van der Waals surface area contributed by atoms with E-state index in [1.54, 1.807) is 0 Å². The summed E-state index contributed by atoms with van der Waals surface area (Å²) in [4.78, 5) is 5.00. The van der Waals surface area contributed by atoms with Crippen molar-refractivity contribution in [1.82, 2.24) is 15.1 Å². The Labute approximate surface area is 114 Å². The Morgan fingerprint density at radius 3 is 2.56 bits per heavy atom. The maximum Gasteiger partial charge on any atom is 0.0278 e. The molecule has 0 amide bonds. The molecule has 1 fully saturated rings. The maximum atomic E-state index is 3.73. The molecule has 1 aliphatic rings. The number of unbranched alkanes of at least 4 members (excludes halogenated alkanes) is 1. The summed E-state index contributed by atoms with van der Waals surface area (Å²) < 4.78 is 0. The molecule has 3 nitrogen and oxygen atoms in total. The molecular weight excluding hydrogens is 222 g/mol. The highest BCUT2D eigenvalue weighted by atomic mass is 15.2. The van der Waals surface area contributed by atoms with Crippen molar-refractivity contribution >= 4 is 0 Å². The quantitative estimate of drug-likeness (QED) is 0.704. The number of hydrogen-bond acceptors (Lipinski definition) is 3. The summed E-state index contributed by atoms with van der Waals surface area (Å²) in [5.74, 6) is 0. The van der Waals surface area contributed by atoms with Crippen molar-refractivity contribution in [3.8, 4) is 0 Å². The van der Waals surface area contributed by atoms with Gasteiger partial charge in [0.25, 0.3) is 0 Å². The Balaban J connectivity index is 2.38. The van der Waals surface area contributed by atoms with Gasteiger partial charge in [0.05, 0.1) is 0 Å². The van der Waals surface area contributed by atoms with Crippen LogP contribution in [0, 0.1) is 0 Å². The lowest BCUT2D eigenvalue weighted by Crippen LogP contribution is -2.62.